The van der Waals surface area contributed by atoms with Crippen LogP contribution in [-0.4, -0.2) is 56.3 Å². The number of rotatable bonds is 3. The average molecular weight is 554 g/mol. The molecule has 1 aliphatic rings. The molecule has 10 heteroatoms. The van der Waals surface area contributed by atoms with Gasteiger partial charge >= 0.3 is 5.69 Å². The number of pyridine rings is 1. The second-order valence-electron chi connectivity index (χ2n) is 10.3. The number of halogens is 2. The van der Waals surface area contributed by atoms with Gasteiger partial charge in [-0.15, -0.1) is 0 Å². The lowest BCUT2D eigenvalue weighted by Gasteiger charge is -2.41. The first kappa shape index (κ1) is 25.3. The lowest BCUT2D eigenvalue weighted by Crippen LogP contribution is -2.55. The number of nitrogens with zero attached hydrogens (tertiary/aromatic N) is 5. The Morgan fingerprint density at radius 3 is 2.66 bits per heavy atom. The quantitative estimate of drug-likeness (QED) is 0.303. The van der Waals surface area contributed by atoms with Crippen LogP contribution >= 0.6 is 0 Å². The van der Waals surface area contributed by atoms with E-state index in [2.05, 4.69) is 16.5 Å². The number of benzene rings is 3. The molecule has 4 heterocycles. The lowest BCUT2D eigenvalue weighted by molar-refractivity contribution is 0.0296. The number of piperazine rings is 1. The molecule has 3 aromatic heterocycles. The Morgan fingerprint density at radius 2 is 1.85 bits per heavy atom. The Morgan fingerprint density at radius 1 is 1.02 bits per heavy atom. The molecule has 0 radical (unpaired) electrons. The van der Waals surface area contributed by atoms with Crippen LogP contribution in [0.25, 0.3) is 49.4 Å². The van der Waals surface area contributed by atoms with Crippen molar-refractivity contribution in [1.29, 1.82) is 0 Å². The van der Waals surface area contributed by atoms with Crippen LogP contribution in [-0.2, 0) is 0 Å². The fourth-order valence-corrected chi connectivity index (χ4v) is 5.88. The first-order chi connectivity index (χ1) is 19.9. The maximum atomic E-state index is 15.9. The summed E-state index contributed by atoms with van der Waals surface area (Å²) in [7, 11) is 0. The topological polar surface area (TPSA) is 87.1 Å². The van der Waals surface area contributed by atoms with Gasteiger partial charge in [-0.1, -0.05) is 43.0 Å². The molecule has 0 saturated carbocycles. The van der Waals surface area contributed by atoms with Crippen molar-refractivity contribution in [2.24, 2.45) is 0 Å². The van der Waals surface area contributed by atoms with Gasteiger partial charge in [0.2, 0.25) is 0 Å². The molecule has 206 valence electrons. The fourth-order valence-electron chi connectivity index (χ4n) is 5.88. The van der Waals surface area contributed by atoms with Crippen LogP contribution < -0.4 is 10.6 Å². The van der Waals surface area contributed by atoms with Crippen molar-refractivity contribution >= 4 is 55.2 Å². The van der Waals surface area contributed by atoms with E-state index < -0.39 is 23.6 Å². The molecule has 3 aromatic carbocycles. The van der Waals surface area contributed by atoms with Gasteiger partial charge in [-0.05, 0) is 42.7 Å². The van der Waals surface area contributed by atoms with Gasteiger partial charge < -0.3 is 14.4 Å². The molecule has 6 aromatic rings. The third-order valence-corrected chi connectivity index (χ3v) is 7.84. The normalized spacial score (nSPS) is 17.2. The molecule has 1 aliphatic heterocycles. The molecule has 41 heavy (non-hydrogen) atoms. The van der Waals surface area contributed by atoms with Gasteiger partial charge in [-0.3, -0.25) is 4.90 Å². The van der Waals surface area contributed by atoms with Gasteiger partial charge in [0.05, 0.1) is 10.8 Å². The van der Waals surface area contributed by atoms with Gasteiger partial charge in [-0.2, -0.15) is 4.98 Å². The number of aliphatic hydroxyl groups excluding tert-OH is 1. The first-order valence-corrected chi connectivity index (χ1v) is 13.3. The summed E-state index contributed by atoms with van der Waals surface area (Å²) in [5, 5.41) is 12.0. The predicted octanol–water partition coefficient (Wildman–Crippen LogP) is 5.15. The third kappa shape index (κ3) is 3.90. The number of hydrogen-bond donors (Lipinski definition) is 1. The monoisotopic (exact) mass is 553 g/mol. The number of fused-ring (bicyclic) bond motifs is 7. The molecule has 0 amide bonds. The van der Waals surface area contributed by atoms with Crippen LogP contribution in [0.15, 0.2) is 82.5 Å². The van der Waals surface area contributed by atoms with Gasteiger partial charge in [0, 0.05) is 31.1 Å². The summed E-state index contributed by atoms with van der Waals surface area (Å²) in [6, 6.07) is 16.4. The molecule has 0 spiro atoms. The Kier molecular flexibility index (Phi) is 5.84. The van der Waals surface area contributed by atoms with Crippen molar-refractivity contribution in [2.45, 2.75) is 19.2 Å². The highest BCUT2D eigenvalue weighted by Crippen LogP contribution is 2.33. The Hall–Kier alpha value is -4.67. The minimum Gasteiger partial charge on any atom is -0.454 e. The molecule has 1 fully saturated rings. The first-order valence-electron chi connectivity index (χ1n) is 13.3. The highest BCUT2D eigenvalue weighted by atomic mass is 19.1. The van der Waals surface area contributed by atoms with E-state index in [0.717, 1.165) is 5.39 Å². The zero-order valence-electron chi connectivity index (χ0n) is 22.1. The molecule has 2 atom stereocenters. The summed E-state index contributed by atoms with van der Waals surface area (Å²) in [4.78, 5) is 26.9. The maximum Gasteiger partial charge on any atom is 0.355 e. The van der Waals surface area contributed by atoms with Crippen molar-refractivity contribution in [3.8, 4) is 0 Å². The number of aliphatic hydroxyl groups is 1. The number of anilines is 1. The highest BCUT2D eigenvalue weighted by molar-refractivity contribution is 6.06. The number of aromatic nitrogens is 3. The van der Waals surface area contributed by atoms with E-state index in [1.807, 2.05) is 47.1 Å². The molecule has 2 bridgehead atoms. The van der Waals surface area contributed by atoms with Crippen molar-refractivity contribution in [2.75, 3.05) is 24.5 Å². The van der Waals surface area contributed by atoms with Crippen LogP contribution in [0.3, 0.4) is 0 Å². The minimum absolute atomic E-state index is 0.0758. The summed E-state index contributed by atoms with van der Waals surface area (Å²) in [6.07, 6.45) is 0.653. The molecule has 7 rings (SSSR count). The summed E-state index contributed by atoms with van der Waals surface area (Å²) >= 11 is 0. The van der Waals surface area contributed by atoms with Crippen molar-refractivity contribution in [1.82, 2.24) is 19.3 Å². The molecule has 8 nitrogen and oxygen atoms in total. The number of hydrogen-bond acceptors (Lipinski definition) is 7. The average Bonchev–Trinajstić information content (AvgIpc) is 3.03. The van der Waals surface area contributed by atoms with E-state index in [9.17, 15) is 9.90 Å². The van der Waals surface area contributed by atoms with E-state index in [4.69, 9.17) is 4.42 Å². The van der Waals surface area contributed by atoms with Crippen LogP contribution in [0, 0.1) is 11.6 Å². The Balaban J connectivity index is 1.66. The molecule has 1 saturated heterocycles. The predicted molar refractivity (Wildman–Crippen MR) is 155 cm³/mol. The van der Waals surface area contributed by atoms with Crippen LogP contribution in [0.2, 0.25) is 0 Å². The van der Waals surface area contributed by atoms with E-state index in [1.54, 1.807) is 12.1 Å². The molecular weight excluding hydrogens is 528 g/mol. The zero-order valence-corrected chi connectivity index (χ0v) is 22.1. The van der Waals surface area contributed by atoms with E-state index in [1.165, 1.54) is 28.7 Å². The van der Waals surface area contributed by atoms with Gasteiger partial charge in [0.15, 0.2) is 17.0 Å². The second kappa shape index (κ2) is 9.46. The van der Waals surface area contributed by atoms with E-state index in [-0.39, 0.29) is 39.6 Å². The zero-order chi connectivity index (χ0) is 28.4. The third-order valence-electron chi connectivity index (χ3n) is 7.84. The standard InChI is InChI=1S/C31H25F2N5O3/c1-3-25(39)36-13-14-37(17(2)16-36)29-20-15-22(33)27-26-21(32)9-6-10-23(26)41-24-12-11-18-7-4-5-8-19(18)28(24)38(30(20)34-27)31(40)35-29/h3-12,15,17,25,39H,1,13-14,16H2,2H3/t17-,25?/m0/s1. The highest BCUT2D eigenvalue weighted by Gasteiger charge is 2.30. The van der Waals surface area contributed by atoms with Crippen LogP contribution in [0.1, 0.15) is 6.92 Å². The van der Waals surface area contributed by atoms with Gasteiger partial charge in [0.25, 0.3) is 0 Å². The van der Waals surface area contributed by atoms with Crippen molar-refractivity contribution < 1.29 is 18.3 Å². The SMILES string of the molecule is C=CC(O)N1CCN(c2nc(=O)n3c4nc(c(F)cc24)c2c(F)cccc2oc2ccc4ccccc4c23)[C@@H](C)C1. The smallest absolute Gasteiger partial charge is 0.355 e. The summed E-state index contributed by atoms with van der Waals surface area (Å²) in [5.41, 5.74) is -0.0305. The summed E-state index contributed by atoms with van der Waals surface area (Å²) in [6.45, 7) is 6.96. The summed E-state index contributed by atoms with van der Waals surface area (Å²) < 4.78 is 38.8. The lowest BCUT2D eigenvalue weighted by atomic mass is 10.1. The molecule has 1 N–H and O–H groups in total. The minimum atomic E-state index is -0.805. The van der Waals surface area contributed by atoms with Crippen molar-refractivity contribution in [3.05, 3.63) is 95.4 Å². The van der Waals surface area contributed by atoms with Crippen LogP contribution in [0.4, 0.5) is 14.6 Å². The Labute approximate surface area is 232 Å². The van der Waals surface area contributed by atoms with Crippen LogP contribution in [0.5, 0.6) is 0 Å². The van der Waals surface area contributed by atoms with E-state index in [0.29, 0.717) is 35.9 Å². The van der Waals surface area contributed by atoms with E-state index >= 15 is 8.78 Å². The summed E-state index contributed by atoms with van der Waals surface area (Å²) in [5.74, 6) is -1.20. The fraction of sp³-hybridized carbons (Fsp3) is 0.194. The maximum absolute atomic E-state index is 15.9. The largest absolute Gasteiger partial charge is 0.454 e. The van der Waals surface area contributed by atoms with Crippen molar-refractivity contribution in [3.63, 3.8) is 0 Å². The second-order valence-corrected chi connectivity index (χ2v) is 10.3. The molecular formula is C31H25F2N5O3. The van der Waals surface area contributed by atoms with Gasteiger partial charge in [0.1, 0.15) is 34.5 Å². The molecule has 0 aliphatic carbocycles. The van der Waals surface area contributed by atoms with Gasteiger partial charge in [-0.25, -0.2) is 23.0 Å². The molecule has 1 unspecified atom stereocenters. The Bertz CT molecular complexity index is 2120.